The number of carbonyl (C=O) groups is 1. The van der Waals surface area contributed by atoms with Crippen LogP contribution in [0.4, 0.5) is 0 Å². The molecule has 0 saturated heterocycles. The lowest BCUT2D eigenvalue weighted by Crippen LogP contribution is -2.26. The van der Waals surface area contributed by atoms with Crippen LogP contribution < -0.4 is 16.0 Å². The fourth-order valence-electron chi connectivity index (χ4n) is 5.30. The normalized spacial score (nSPS) is 12.4. The van der Waals surface area contributed by atoms with Crippen molar-refractivity contribution in [3.05, 3.63) is 56.9 Å². The van der Waals surface area contributed by atoms with Gasteiger partial charge in [0.15, 0.2) is 0 Å². The molecular weight excluding hydrogens is 558 g/mol. The first-order valence-corrected chi connectivity index (χ1v) is 15.5. The van der Waals surface area contributed by atoms with Gasteiger partial charge in [0.1, 0.15) is 12.0 Å². The number of aromatic nitrogens is 2. The van der Waals surface area contributed by atoms with Crippen LogP contribution in [0.2, 0.25) is 0 Å². The second-order valence-corrected chi connectivity index (χ2v) is 10.7. The third-order valence-electron chi connectivity index (χ3n) is 7.63. The highest BCUT2D eigenvalue weighted by atomic mass is 33.1. The molecule has 41 heavy (non-hydrogen) atoms. The number of benzene rings is 1. The standard InChI is InChI=1S/C30H39N3O4.CH4O.H2S2/c1-6-19(16-34)22-14-27-28-24(15-33(27)29(35)25(22)17-36-5)21(7-2)23-13-20(9-10-26(23)32-28)37-12-8-11-30(3,4)18-31;2*1-2/h9-10,13-14,16,19H,6-8,11-12,15,17-18,31H2,1-5H3;2H,1H3;1-2H. The smallest absolute Gasteiger partial charge is 0.257 e. The van der Waals surface area contributed by atoms with E-state index >= 15 is 0 Å². The number of carbonyl (C=O) groups excluding carboxylic acids is 1. The summed E-state index contributed by atoms with van der Waals surface area (Å²) >= 11 is 6.44. The Bertz CT molecular complexity index is 1370. The Labute approximate surface area is 253 Å². The van der Waals surface area contributed by atoms with Crippen molar-refractivity contribution < 1.29 is 19.4 Å². The van der Waals surface area contributed by atoms with Crippen LogP contribution in [0.15, 0.2) is 29.1 Å². The van der Waals surface area contributed by atoms with Gasteiger partial charge in [0, 0.05) is 36.7 Å². The van der Waals surface area contributed by atoms with E-state index in [0.29, 0.717) is 31.7 Å². The fraction of sp³-hybridized carbons (Fsp3) is 0.516. The van der Waals surface area contributed by atoms with Gasteiger partial charge in [-0.25, -0.2) is 4.98 Å². The van der Waals surface area contributed by atoms with E-state index in [1.54, 1.807) is 11.7 Å². The summed E-state index contributed by atoms with van der Waals surface area (Å²) in [4.78, 5) is 30.4. The number of pyridine rings is 2. The SMILES string of the molecule is CCc1c2c(nc3ccc(OCCCC(C)(C)CN)cc13)-c1cc(C(C=O)CC)c(COC)c(=O)n1C2.CO.SS. The quantitative estimate of drug-likeness (QED) is 0.0748. The Balaban J connectivity index is 0.00000141. The average Bonchev–Trinajstić information content (AvgIpc) is 3.37. The number of thiol groups is 2. The predicted molar refractivity (Wildman–Crippen MR) is 173 cm³/mol. The van der Waals surface area contributed by atoms with Crippen LogP contribution in [0.5, 0.6) is 5.75 Å². The van der Waals surface area contributed by atoms with Crippen LogP contribution in [0, 0.1) is 5.41 Å². The van der Waals surface area contributed by atoms with Gasteiger partial charge in [-0.3, -0.25) is 4.79 Å². The zero-order chi connectivity index (χ0) is 30.7. The number of hydrogen-bond acceptors (Lipinski definition) is 9. The number of aliphatic hydroxyl groups is 1. The van der Waals surface area contributed by atoms with Gasteiger partial charge in [-0.1, -0.05) is 27.7 Å². The maximum atomic E-state index is 13.6. The highest BCUT2D eigenvalue weighted by molar-refractivity contribution is 8.59. The summed E-state index contributed by atoms with van der Waals surface area (Å²) in [7, 11) is 2.57. The Morgan fingerprint density at radius 3 is 2.49 bits per heavy atom. The molecule has 2 aromatic heterocycles. The summed E-state index contributed by atoms with van der Waals surface area (Å²) < 4.78 is 13.2. The number of nitrogens with zero attached hydrogens (tertiary/aromatic N) is 2. The zero-order valence-corrected chi connectivity index (χ0v) is 26.9. The first-order valence-electron chi connectivity index (χ1n) is 13.9. The first kappa shape index (κ1) is 34.8. The molecule has 4 rings (SSSR count). The molecular formula is C31H45N3O5S2. The van der Waals surface area contributed by atoms with Crippen molar-refractivity contribution in [2.75, 3.05) is 27.4 Å². The second kappa shape index (κ2) is 16.3. The molecule has 0 saturated carbocycles. The van der Waals surface area contributed by atoms with Gasteiger partial charge in [0.25, 0.3) is 5.56 Å². The van der Waals surface area contributed by atoms with Crippen molar-refractivity contribution in [3.63, 3.8) is 0 Å². The molecule has 3 N–H and O–H groups in total. The number of rotatable bonds is 12. The number of nitrogens with two attached hydrogens (primary N) is 1. The van der Waals surface area contributed by atoms with E-state index in [9.17, 15) is 9.59 Å². The molecule has 226 valence electrons. The lowest BCUT2D eigenvalue weighted by molar-refractivity contribution is -0.109. The molecule has 1 unspecified atom stereocenters. The summed E-state index contributed by atoms with van der Waals surface area (Å²) in [6.07, 6.45) is 4.30. The summed E-state index contributed by atoms with van der Waals surface area (Å²) in [5.41, 5.74) is 11.9. The minimum atomic E-state index is -0.353. The molecule has 0 amide bonds. The van der Waals surface area contributed by atoms with Crippen LogP contribution >= 0.6 is 23.3 Å². The van der Waals surface area contributed by atoms with E-state index in [1.807, 2.05) is 25.1 Å². The maximum absolute atomic E-state index is 13.6. The highest BCUT2D eigenvalue weighted by Gasteiger charge is 2.29. The van der Waals surface area contributed by atoms with Gasteiger partial charge in [-0.15, -0.1) is 23.3 Å². The number of aryl methyl sites for hydroxylation is 1. The number of fused-ring (bicyclic) bond motifs is 4. The van der Waals surface area contributed by atoms with E-state index in [2.05, 4.69) is 50.2 Å². The summed E-state index contributed by atoms with van der Waals surface area (Å²) in [6.45, 7) is 10.4. The van der Waals surface area contributed by atoms with Crippen molar-refractivity contribution in [1.82, 2.24) is 9.55 Å². The van der Waals surface area contributed by atoms with E-state index in [-0.39, 0.29) is 23.5 Å². The molecule has 0 spiro atoms. The summed E-state index contributed by atoms with van der Waals surface area (Å²) in [5.74, 6) is 0.470. The Morgan fingerprint density at radius 1 is 1.20 bits per heavy atom. The van der Waals surface area contributed by atoms with Crippen molar-refractivity contribution >= 4 is 40.5 Å². The van der Waals surface area contributed by atoms with Crippen LogP contribution in [0.1, 0.15) is 75.1 Å². The molecule has 10 heteroatoms. The van der Waals surface area contributed by atoms with Gasteiger partial charge in [-0.05, 0) is 73.0 Å². The third-order valence-corrected chi connectivity index (χ3v) is 7.63. The molecule has 3 heterocycles. The van der Waals surface area contributed by atoms with Crippen LogP contribution in [0.3, 0.4) is 0 Å². The van der Waals surface area contributed by atoms with Crippen molar-refractivity contribution in [1.29, 1.82) is 0 Å². The van der Waals surface area contributed by atoms with Crippen molar-refractivity contribution in [3.8, 4) is 17.1 Å². The van der Waals surface area contributed by atoms with E-state index in [4.69, 9.17) is 25.3 Å². The molecule has 1 atom stereocenters. The van der Waals surface area contributed by atoms with Crippen LogP contribution in [-0.2, 0) is 29.1 Å². The monoisotopic (exact) mass is 603 g/mol. The van der Waals surface area contributed by atoms with Gasteiger partial charge in [0.05, 0.1) is 36.7 Å². The Kier molecular flexibility index (Phi) is 13.9. The lowest BCUT2D eigenvalue weighted by atomic mass is 9.88. The van der Waals surface area contributed by atoms with E-state index < -0.39 is 0 Å². The zero-order valence-electron chi connectivity index (χ0n) is 25.1. The minimum Gasteiger partial charge on any atom is -0.494 e. The number of aliphatic hydroxyl groups excluding tert-OH is 1. The lowest BCUT2D eigenvalue weighted by Gasteiger charge is -2.22. The second-order valence-electron chi connectivity index (χ2n) is 10.7. The van der Waals surface area contributed by atoms with E-state index in [0.717, 1.165) is 71.8 Å². The molecule has 1 aliphatic rings. The van der Waals surface area contributed by atoms with Gasteiger partial charge in [0.2, 0.25) is 0 Å². The molecule has 1 aliphatic heterocycles. The first-order chi connectivity index (χ1) is 19.8. The fourth-order valence-corrected chi connectivity index (χ4v) is 5.30. The maximum Gasteiger partial charge on any atom is 0.257 e. The average molecular weight is 604 g/mol. The Morgan fingerprint density at radius 2 is 1.90 bits per heavy atom. The molecule has 0 bridgehead atoms. The largest absolute Gasteiger partial charge is 0.494 e. The topological polar surface area (TPSA) is 117 Å². The molecule has 1 aromatic carbocycles. The molecule has 0 aliphatic carbocycles. The predicted octanol–water partition coefficient (Wildman–Crippen LogP) is 5.34. The van der Waals surface area contributed by atoms with Crippen LogP contribution in [0.25, 0.3) is 22.3 Å². The molecule has 3 aromatic rings. The molecule has 8 nitrogen and oxygen atoms in total. The molecule has 0 radical (unpaired) electrons. The minimum absolute atomic E-state index is 0.108. The Hall–Kier alpha value is -2.37. The number of aldehydes is 1. The van der Waals surface area contributed by atoms with Gasteiger partial charge >= 0.3 is 0 Å². The highest BCUT2D eigenvalue weighted by Crippen LogP contribution is 2.38. The van der Waals surface area contributed by atoms with Gasteiger partial charge in [-0.2, -0.15) is 0 Å². The third kappa shape index (κ3) is 7.73. The van der Waals surface area contributed by atoms with E-state index in [1.165, 1.54) is 5.56 Å². The van der Waals surface area contributed by atoms with Gasteiger partial charge < -0.3 is 29.7 Å². The number of hydrogen-bond donors (Lipinski definition) is 4. The summed E-state index contributed by atoms with van der Waals surface area (Å²) in [6, 6.07) is 8.00. The number of methoxy groups -OCH3 is 1. The van der Waals surface area contributed by atoms with Crippen molar-refractivity contribution in [2.24, 2.45) is 11.1 Å². The van der Waals surface area contributed by atoms with Crippen molar-refractivity contribution in [2.45, 2.75) is 72.4 Å². The summed E-state index contributed by atoms with van der Waals surface area (Å²) in [5, 5.41) is 8.05. The van der Waals surface area contributed by atoms with Crippen LogP contribution in [-0.4, -0.2) is 48.3 Å². The molecule has 0 fully saturated rings. The number of ether oxygens (including phenoxy) is 2.